The van der Waals surface area contributed by atoms with Gasteiger partial charge in [0, 0.05) is 4.47 Å². The van der Waals surface area contributed by atoms with Crippen LogP contribution in [0.25, 0.3) is 11.0 Å². The summed E-state index contributed by atoms with van der Waals surface area (Å²) in [6.45, 7) is 7.82. The lowest BCUT2D eigenvalue weighted by atomic mass is 9.95. The first-order chi connectivity index (χ1) is 11.2. The van der Waals surface area contributed by atoms with Gasteiger partial charge in [-0.25, -0.2) is 9.78 Å². The van der Waals surface area contributed by atoms with Gasteiger partial charge >= 0.3 is 6.09 Å². The number of halogens is 1. The number of nitrogens with zero attached hydrogens (tertiary/aromatic N) is 1. The molecule has 130 valence electrons. The van der Waals surface area contributed by atoms with Crippen molar-refractivity contribution in [2.45, 2.75) is 58.1 Å². The molecule has 1 heterocycles. The minimum atomic E-state index is -0.520. The van der Waals surface area contributed by atoms with Gasteiger partial charge in [0.05, 0.1) is 11.0 Å². The molecule has 0 saturated heterocycles. The van der Waals surface area contributed by atoms with Crippen LogP contribution in [-0.4, -0.2) is 21.7 Å². The number of fused-ring (bicyclic) bond motifs is 1. The van der Waals surface area contributed by atoms with Crippen molar-refractivity contribution >= 4 is 33.1 Å². The third kappa shape index (κ3) is 3.58. The van der Waals surface area contributed by atoms with Crippen molar-refractivity contribution in [2.75, 3.05) is 0 Å². The van der Waals surface area contributed by atoms with Crippen LogP contribution in [-0.2, 0) is 10.3 Å². The maximum Gasteiger partial charge on any atom is 0.408 e. The Balaban J connectivity index is 1.94. The predicted molar refractivity (Wildman–Crippen MR) is 97.9 cm³/mol. The van der Waals surface area contributed by atoms with E-state index in [1.807, 2.05) is 39.0 Å². The number of carbonyl (C=O) groups excluding carboxylic acids is 1. The molecule has 24 heavy (non-hydrogen) atoms. The number of aromatic amines is 1. The molecule has 2 aromatic rings. The third-order valence-corrected chi connectivity index (χ3v) is 4.89. The molecule has 1 saturated carbocycles. The van der Waals surface area contributed by atoms with Crippen molar-refractivity contribution in [3.63, 3.8) is 0 Å². The maximum absolute atomic E-state index is 12.4. The number of alkyl carbamates (subject to hydrolysis) is 1. The van der Waals surface area contributed by atoms with E-state index >= 15 is 0 Å². The molecule has 1 aliphatic rings. The average molecular weight is 394 g/mol. The summed E-state index contributed by atoms with van der Waals surface area (Å²) in [5.41, 5.74) is 0.851. The van der Waals surface area contributed by atoms with Gasteiger partial charge in [0.15, 0.2) is 0 Å². The maximum atomic E-state index is 12.4. The number of imidazole rings is 1. The molecule has 1 fully saturated rings. The van der Waals surface area contributed by atoms with Crippen LogP contribution >= 0.6 is 15.9 Å². The van der Waals surface area contributed by atoms with Crippen LogP contribution in [0, 0.1) is 5.92 Å². The molecule has 5 nitrogen and oxygen atoms in total. The molecule has 2 N–H and O–H groups in total. The second-order valence-corrected chi connectivity index (χ2v) is 8.72. The minimum absolute atomic E-state index is 0.391. The van der Waals surface area contributed by atoms with Gasteiger partial charge in [-0.05, 0) is 64.2 Å². The van der Waals surface area contributed by atoms with Crippen molar-refractivity contribution in [1.29, 1.82) is 0 Å². The fourth-order valence-electron chi connectivity index (χ4n) is 3.39. The van der Waals surface area contributed by atoms with Gasteiger partial charge in [-0.2, -0.15) is 0 Å². The van der Waals surface area contributed by atoms with Crippen LogP contribution in [0.3, 0.4) is 0 Å². The summed E-state index contributed by atoms with van der Waals surface area (Å²) in [4.78, 5) is 20.5. The molecule has 1 aromatic heterocycles. The predicted octanol–water partition coefficient (Wildman–Crippen LogP) is 4.87. The van der Waals surface area contributed by atoms with Crippen LogP contribution in [0.1, 0.15) is 52.8 Å². The number of amides is 1. The first-order valence-corrected chi connectivity index (χ1v) is 9.13. The summed E-state index contributed by atoms with van der Waals surface area (Å²) in [5.74, 6) is 1.34. The molecule has 6 heteroatoms. The molecular formula is C18H24BrN3O2. The van der Waals surface area contributed by atoms with E-state index in [0.717, 1.165) is 40.6 Å². The SMILES string of the molecule is CC1CCC(NC(=O)OC(C)(C)C)(c2nc3ccc(Br)cc3[nH]2)C1. The van der Waals surface area contributed by atoms with E-state index in [1.54, 1.807) is 0 Å². The smallest absolute Gasteiger partial charge is 0.408 e. The first-order valence-electron chi connectivity index (χ1n) is 8.34. The van der Waals surface area contributed by atoms with Gasteiger partial charge in [0.2, 0.25) is 0 Å². The summed E-state index contributed by atoms with van der Waals surface area (Å²) in [6, 6.07) is 5.95. The Bertz CT molecular complexity index is 765. The van der Waals surface area contributed by atoms with E-state index in [-0.39, 0.29) is 0 Å². The Morgan fingerprint density at radius 1 is 1.46 bits per heavy atom. The van der Waals surface area contributed by atoms with Crippen LogP contribution in [0.15, 0.2) is 22.7 Å². The average Bonchev–Trinajstić information content (AvgIpc) is 3.01. The van der Waals surface area contributed by atoms with E-state index in [4.69, 9.17) is 9.72 Å². The molecule has 2 atom stereocenters. The number of carbonyl (C=O) groups is 1. The third-order valence-electron chi connectivity index (χ3n) is 4.40. The van der Waals surface area contributed by atoms with E-state index in [0.29, 0.717) is 5.92 Å². The summed E-state index contributed by atoms with van der Waals surface area (Å²) < 4.78 is 6.47. The van der Waals surface area contributed by atoms with Gasteiger partial charge in [0.1, 0.15) is 17.0 Å². The first kappa shape index (κ1) is 17.3. The van der Waals surface area contributed by atoms with Crippen molar-refractivity contribution in [1.82, 2.24) is 15.3 Å². The van der Waals surface area contributed by atoms with Gasteiger partial charge in [-0.1, -0.05) is 22.9 Å². The lowest BCUT2D eigenvalue weighted by Crippen LogP contribution is -2.47. The summed E-state index contributed by atoms with van der Waals surface area (Å²) >= 11 is 3.48. The van der Waals surface area contributed by atoms with Crippen LogP contribution in [0.2, 0.25) is 0 Å². The number of nitrogens with one attached hydrogen (secondary N) is 2. The molecule has 1 amide bonds. The Morgan fingerprint density at radius 3 is 2.83 bits per heavy atom. The Hall–Kier alpha value is -1.56. The van der Waals surface area contributed by atoms with Gasteiger partial charge in [-0.3, -0.25) is 0 Å². The lowest BCUT2D eigenvalue weighted by molar-refractivity contribution is 0.0446. The summed E-state index contributed by atoms with van der Waals surface area (Å²) in [7, 11) is 0. The number of rotatable bonds is 2. The summed E-state index contributed by atoms with van der Waals surface area (Å²) in [6.07, 6.45) is 2.37. The highest BCUT2D eigenvalue weighted by atomic mass is 79.9. The number of hydrogen-bond acceptors (Lipinski definition) is 3. The number of aromatic nitrogens is 2. The second-order valence-electron chi connectivity index (χ2n) is 7.80. The Kier molecular flexibility index (Phi) is 4.36. The molecule has 1 aliphatic carbocycles. The zero-order valence-corrected chi connectivity index (χ0v) is 16.2. The normalized spacial score (nSPS) is 24.3. The number of H-pyrrole nitrogens is 1. The van der Waals surface area contributed by atoms with Crippen LogP contribution in [0.4, 0.5) is 4.79 Å². The quantitative estimate of drug-likeness (QED) is 0.764. The van der Waals surface area contributed by atoms with Crippen LogP contribution in [0.5, 0.6) is 0 Å². The molecule has 0 spiro atoms. The minimum Gasteiger partial charge on any atom is -0.444 e. The molecule has 0 bridgehead atoms. The fourth-order valence-corrected chi connectivity index (χ4v) is 3.75. The zero-order valence-electron chi connectivity index (χ0n) is 14.6. The van der Waals surface area contributed by atoms with E-state index in [2.05, 4.69) is 33.2 Å². The highest BCUT2D eigenvalue weighted by molar-refractivity contribution is 9.10. The number of benzene rings is 1. The van der Waals surface area contributed by atoms with Gasteiger partial charge in [0.25, 0.3) is 0 Å². The standard InChI is InChI=1S/C18H24BrN3O2/c1-11-7-8-18(10-11,22-16(23)24-17(2,3)4)15-20-13-6-5-12(19)9-14(13)21-15/h5-6,9,11H,7-8,10H2,1-4H3,(H,20,21)(H,22,23). The zero-order chi connectivity index (χ0) is 17.5. The van der Waals surface area contributed by atoms with Crippen molar-refractivity contribution in [3.05, 3.63) is 28.5 Å². The highest BCUT2D eigenvalue weighted by Gasteiger charge is 2.43. The summed E-state index contributed by atoms with van der Waals surface area (Å²) in [5, 5.41) is 3.10. The molecule has 2 unspecified atom stereocenters. The highest BCUT2D eigenvalue weighted by Crippen LogP contribution is 2.41. The van der Waals surface area contributed by atoms with E-state index in [1.165, 1.54) is 0 Å². The van der Waals surface area contributed by atoms with Crippen molar-refractivity contribution in [2.24, 2.45) is 5.92 Å². The second kappa shape index (κ2) is 6.06. The molecule has 1 aromatic carbocycles. The number of hydrogen-bond donors (Lipinski definition) is 2. The van der Waals surface area contributed by atoms with Crippen molar-refractivity contribution in [3.8, 4) is 0 Å². The largest absolute Gasteiger partial charge is 0.444 e. The fraction of sp³-hybridized carbons (Fsp3) is 0.556. The molecule has 0 radical (unpaired) electrons. The van der Waals surface area contributed by atoms with Crippen LogP contribution < -0.4 is 5.32 Å². The van der Waals surface area contributed by atoms with Gasteiger partial charge in [-0.15, -0.1) is 0 Å². The molecule has 3 rings (SSSR count). The molecular weight excluding hydrogens is 370 g/mol. The lowest BCUT2D eigenvalue weighted by Gasteiger charge is -2.30. The molecule has 0 aliphatic heterocycles. The topological polar surface area (TPSA) is 67.0 Å². The van der Waals surface area contributed by atoms with Crippen molar-refractivity contribution < 1.29 is 9.53 Å². The number of ether oxygens (including phenoxy) is 1. The Labute approximate surface area is 150 Å². The van der Waals surface area contributed by atoms with Gasteiger partial charge < -0.3 is 15.0 Å². The monoisotopic (exact) mass is 393 g/mol. The van der Waals surface area contributed by atoms with E-state index in [9.17, 15) is 4.79 Å². The Morgan fingerprint density at radius 2 is 2.21 bits per heavy atom. The van der Waals surface area contributed by atoms with E-state index < -0.39 is 17.2 Å².